The number of aliphatic hydroxyl groups excluding tert-OH is 2. The molecule has 0 unspecified atom stereocenters. The molecular weight excluding hydrogens is 260 g/mol. The number of carbonyl (C=O) groups is 2. The summed E-state index contributed by atoms with van der Waals surface area (Å²) in [5.41, 5.74) is 0. The quantitative estimate of drug-likeness (QED) is 0.441. The van der Waals surface area contributed by atoms with Crippen molar-refractivity contribution in [1.82, 2.24) is 0 Å². The van der Waals surface area contributed by atoms with Crippen LogP contribution in [0.3, 0.4) is 0 Å². The van der Waals surface area contributed by atoms with Crippen molar-refractivity contribution in [2.75, 3.05) is 39.6 Å². The summed E-state index contributed by atoms with van der Waals surface area (Å²) in [6, 6.07) is 0. The molecule has 0 fully saturated rings. The Labute approximate surface area is 112 Å². The molecule has 0 aromatic heterocycles. The second-order valence-corrected chi connectivity index (χ2v) is 2.94. The van der Waals surface area contributed by atoms with E-state index in [2.05, 4.69) is 0 Å². The molecule has 0 aromatic rings. The second-order valence-electron chi connectivity index (χ2n) is 2.94. The molecule has 0 saturated carbocycles. The van der Waals surface area contributed by atoms with Gasteiger partial charge in [-0.1, -0.05) is 6.92 Å². The molecule has 0 bridgehead atoms. The van der Waals surface area contributed by atoms with Crippen LogP contribution in [0.5, 0.6) is 0 Å². The molecule has 116 valence electrons. The third-order valence-electron chi connectivity index (χ3n) is 1.15. The molecule has 0 atom stereocenters. The van der Waals surface area contributed by atoms with Gasteiger partial charge >= 0.3 is 5.97 Å². The Morgan fingerprint density at radius 1 is 0.895 bits per heavy atom. The summed E-state index contributed by atoms with van der Waals surface area (Å²) < 4.78 is 9.75. The van der Waals surface area contributed by atoms with Crippen LogP contribution in [0.2, 0.25) is 0 Å². The maximum Gasteiger partial charge on any atom is 0.303 e. The van der Waals surface area contributed by atoms with Crippen molar-refractivity contribution in [1.29, 1.82) is 0 Å². The van der Waals surface area contributed by atoms with E-state index in [4.69, 9.17) is 34.7 Å². The van der Waals surface area contributed by atoms with Gasteiger partial charge in [0.15, 0.2) is 0 Å². The zero-order chi connectivity index (χ0) is 15.5. The Balaban J connectivity index is -0.000000238. The third kappa shape index (κ3) is 60.6. The topological polar surface area (TPSA) is 134 Å². The molecule has 0 spiro atoms. The monoisotopic (exact) mass is 284 g/mol. The number of hydrogen-bond donors (Lipinski definition) is 4. The van der Waals surface area contributed by atoms with Crippen molar-refractivity contribution in [2.45, 2.75) is 20.3 Å². The van der Waals surface area contributed by atoms with Crippen LogP contribution in [0, 0.1) is 0 Å². The Bertz CT molecular complexity index is 183. The highest BCUT2D eigenvalue weighted by atomic mass is 16.5. The van der Waals surface area contributed by atoms with Gasteiger partial charge in [0, 0.05) is 13.3 Å². The van der Waals surface area contributed by atoms with Crippen molar-refractivity contribution < 1.29 is 39.5 Å². The van der Waals surface area contributed by atoms with Crippen LogP contribution in [0.1, 0.15) is 20.3 Å². The maximum absolute atomic E-state index is 9.37. The third-order valence-corrected chi connectivity index (χ3v) is 1.15. The fourth-order valence-electron chi connectivity index (χ4n) is 0.451. The first-order chi connectivity index (χ1) is 8.92. The molecule has 8 nitrogen and oxygen atoms in total. The van der Waals surface area contributed by atoms with Crippen molar-refractivity contribution in [3.05, 3.63) is 0 Å². The largest absolute Gasteiger partial charge is 0.481 e. The van der Waals surface area contributed by atoms with Gasteiger partial charge in [-0.05, 0) is 0 Å². The highest BCUT2D eigenvalue weighted by molar-refractivity contribution is 5.66. The highest BCUT2D eigenvalue weighted by Crippen LogP contribution is 1.76. The van der Waals surface area contributed by atoms with Crippen molar-refractivity contribution in [3.63, 3.8) is 0 Å². The van der Waals surface area contributed by atoms with Crippen LogP contribution in [0.25, 0.3) is 0 Å². The van der Waals surface area contributed by atoms with E-state index in [1.165, 1.54) is 0 Å². The van der Waals surface area contributed by atoms with E-state index in [9.17, 15) is 4.79 Å². The van der Waals surface area contributed by atoms with Gasteiger partial charge < -0.3 is 29.9 Å². The van der Waals surface area contributed by atoms with Gasteiger partial charge in [-0.15, -0.1) is 0 Å². The SMILES string of the molecule is CC(=O)O.CCC(=O)O.OCCOCCOCCO. The van der Waals surface area contributed by atoms with Crippen LogP contribution in [0.4, 0.5) is 0 Å². The lowest BCUT2D eigenvalue weighted by molar-refractivity contribution is -0.137. The van der Waals surface area contributed by atoms with Crippen LogP contribution < -0.4 is 0 Å². The zero-order valence-corrected chi connectivity index (χ0v) is 11.4. The van der Waals surface area contributed by atoms with E-state index in [-0.39, 0.29) is 19.6 Å². The summed E-state index contributed by atoms with van der Waals surface area (Å²) in [5.74, 6) is -1.58. The first-order valence-electron chi connectivity index (χ1n) is 5.70. The van der Waals surface area contributed by atoms with E-state index < -0.39 is 11.9 Å². The minimum atomic E-state index is -0.833. The molecule has 0 radical (unpaired) electrons. The summed E-state index contributed by atoms with van der Waals surface area (Å²) in [6.45, 7) is 4.41. The van der Waals surface area contributed by atoms with E-state index in [1.807, 2.05) is 0 Å². The first kappa shape index (κ1) is 22.9. The number of carboxylic acid groups (broad SMARTS) is 2. The minimum Gasteiger partial charge on any atom is -0.481 e. The number of aliphatic carboxylic acids is 2. The van der Waals surface area contributed by atoms with Crippen LogP contribution in [-0.2, 0) is 19.1 Å². The summed E-state index contributed by atoms with van der Waals surface area (Å²) in [5, 5.41) is 31.7. The van der Waals surface area contributed by atoms with Crippen LogP contribution in [-0.4, -0.2) is 72.0 Å². The molecule has 19 heavy (non-hydrogen) atoms. The van der Waals surface area contributed by atoms with Gasteiger partial charge in [0.05, 0.1) is 39.6 Å². The normalized spacial score (nSPS) is 8.63. The van der Waals surface area contributed by atoms with Gasteiger partial charge in [-0.25, -0.2) is 0 Å². The Morgan fingerprint density at radius 2 is 1.16 bits per heavy atom. The first-order valence-corrected chi connectivity index (χ1v) is 5.70. The minimum absolute atomic E-state index is 0.0417. The number of ether oxygens (including phenoxy) is 2. The van der Waals surface area contributed by atoms with Gasteiger partial charge in [-0.2, -0.15) is 0 Å². The molecule has 8 heteroatoms. The molecule has 0 amide bonds. The van der Waals surface area contributed by atoms with Crippen LogP contribution in [0.15, 0.2) is 0 Å². The van der Waals surface area contributed by atoms with Crippen molar-refractivity contribution >= 4 is 11.9 Å². The molecule has 0 aliphatic carbocycles. The molecule has 0 rings (SSSR count). The molecule has 0 heterocycles. The lowest BCUT2D eigenvalue weighted by Crippen LogP contribution is -2.09. The van der Waals surface area contributed by atoms with Gasteiger partial charge in [0.1, 0.15) is 0 Å². The number of aliphatic hydroxyl groups is 2. The fraction of sp³-hybridized carbons (Fsp3) is 0.818. The molecule has 0 aliphatic heterocycles. The Morgan fingerprint density at radius 3 is 1.32 bits per heavy atom. The zero-order valence-electron chi connectivity index (χ0n) is 11.4. The highest BCUT2D eigenvalue weighted by Gasteiger charge is 1.86. The van der Waals surface area contributed by atoms with Gasteiger partial charge in [-0.3, -0.25) is 9.59 Å². The van der Waals surface area contributed by atoms with E-state index in [1.54, 1.807) is 6.92 Å². The van der Waals surface area contributed by atoms with E-state index in [0.717, 1.165) is 6.92 Å². The Kier molecular flexibility index (Phi) is 26.5. The summed E-state index contributed by atoms with van der Waals surface area (Å²) in [4.78, 5) is 18.4. The maximum atomic E-state index is 9.37. The summed E-state index contributed by atoms with van der Waals surface area (Å²) in [6.07, 6.45) is 0.222. The predicted octanol–water partition coefficient (Wildman–Crippen LogP) is -0.424. The molecule has 4 N–H and O–H groups in total. The molecule has 0 aromatic carbocycles. The lowest BCUT2D eigenvalue weighted by atomic mass is 10.5. The van der Waals surface area contributed by atoms with E-state index in [0.29, 0.717) is 26.4 Å². The van der Waals surface area contributed by atoms with Gasteiger partial charge in [0.2, 0.25) is 0 Å². The summed E-state index contributed by atoms with van der Waals surface area (Å²) >= 11 is 0. The smallest absolute Gasteiger partial charge is 0.303 e. The van der Waals surface area contributed by atoms with Crippen molar-refractivity contribution in [3.8, 4) is 0 Å². The number of hydrogen-bond acceptors (Lipinski definition) is 6. The van der Waals surface area contributed by atoms with E-state index >= 15 is 0 Å². The average molecular weight is 284 g/mol. The number of carboxylic acids is 2. The number of rotatable bonds is 8. The molecule has 0 aliphatic rings. The van der Waals surface area contributed by atoms with Crippen LogP contribution >= 0.6 is 0 Å². The predicted molar refractivity (Wildman–Crippen MR) is 67.0 cm³/mol. The van der Waals surface area contributed by atoms with Crippen molar-refractivity contribution in [2.24, 2.45) is 0 Å². The van der Waals surface area contributed by atoms with Gasteiger partial charge in [0.25, 0.3) is 5.97 Å². The summed E-state index contributed by atoms with van der Waals surface area (Å²) in [7, 11) is 0. The fourth-order valence-corrected chi connectivity index (χ4v) is 0.451. The second kappa shape index (κ2) is 22.0. The molecule has 0 saturated heterocycles. The lowest BCUT2D eigenvalue weighted by Gasteiger charge is -2.01. The average Bonchev–Trinajstić information content (AvgIpc) is 2.34. The molecular formula is C11H24O8. The Hall–Kier alpha value is -1.22. The standard InChI is InChI=1S/C6H14O4.C3H6O2.C2H4O2/c7-1-3-9-5-6-10-4-2-8;1-2-3(4)5;1-2(3)4/h7-8H,1-6H2;2H2,1H3,(H,4,5);1H3,(H,3,4).